The molecule has 0 aliphatic carbocycles. The van der Waals surface area contributed by atoms with Crippen LogP contribution in [0.4, 0.5) is 0 Å². The highest BCUT2D eigenvalue weighted by Gasteiger charge is 1.80. The predicted molar refractivity (Wildman–Crippen MR) is 31.7 cm³/mol. The standard InChI is InChI=1S/Cl3P.2H2O/c1-4(2)3;;/h;2*1H2. The minimum atomic E-state index is -1.20. The molecule has 0 bridgehead atoms. The Morgan fingerprint density at radius 1 is 0.833 bits per heavy atom. The van der Waals surface area contributed by atoms with Crippen molar-refractivity contribution >= 4 is 39.7 Å². The summed E-state index contributed by atoms with van der Waals surface area (Å²) in [5.41, 5.74) is 0. The van der Waals surface area contributed by atoms with Crippen molar-refractivity contribution in [2.75, 3.05) is 0 Å². The first-order valence-corrected chi connectivity index (χ1v) is 4.56. The molecule has 4 N–H and O–H groups in total. The largest absolute Gasteiger partial charge is 0.412 e. The van der Waals surface area contributed by atoms with Gasteiger partial charge in [0.2, 0.25) is 0 Å². The average molecular weight is 173 g/mol. The summed E-state index contributed by atoms with van der Waals surface area (Å²) in [5.74, 6) is -1.20. The molecular weight excluding hydrogens is 169 g/mol. The Kier molecular flexibility index (Phi) is 24.9. The lowest BCUT2D eigenvalue weighted by Gasteiger charge is -1.68. The highest BCUT2D eigenvalue weighted by atomic mass is 36.0. The Hall–Kier alpha value is 1.22. The Morgan fingerprint density at radius 3 is 0.833 bits per heavy atom. The summed E-state index contributed by atoms with van der Waals surface area (Å²) in [6.45, 7) is 0. The molecule has 0 fully saturated rings. The van der Waals surface area contributed by atoms with Gasteiger partial charge in [0.1, 0.15) is 0 Å². The molecule has 0 aromatic carbocycles. The molecule has 42 valence electrons. The maximum absolute atomic E-state index is 4.87. The third-order valence-corrected chi connectivity index (χ3v) is 0. The molecule has 0 aliphatic rings. The van der Waals surface area contributed by atoms with Crippen molar-refractivity contribution < 1.29 is 11.0 Å². The van der Waals surface area contributed by atoms with E-state index in [1.54, 1.807) is 0 Å². The summed E-state index contributed by atoms with van der Waals surface area (Å²) < 4.78 is 0. The van der Waals surface area contributed by atoms with Crippen molar-refractivity contribution in [3.8, 4) is 0 Å². The fourth-order valence-corrected chi connectivity index (χ4v) is 0. The van der Waals surface area contributed by atoms with Gasteiger partial charge in [-0.2, -0.15) is 0 Å². The van der Waals surface area contributed by atoms with Crippen LogP contribution in [0, 0.1) is 0 Å². The van der Waals surface area contributed by atoms with E-state index in [4.69, 9.17) is 33.7 Å². The highest BCUT2D eigenvalue weighted by molar-refractivity contribution is 8.20. The monoisotopic (exact) mass is 172 g/mol. The summed E-state index contributed by atoms with van der Waals surface area (Å²) in [6, 6.07) is 0. The number of rotatable bonds is 0. The summed E-state index contributed by atoms with van der Waals surface area (Å²) in [4.78, 5) is 0. The van der Waals surface area contributed by atoms with E-state index in [-0.39, 0.29) is 11.0 Å². The predicted octanol–water partition coefficient (Wildman–Crippen LogP) is 1.28. The van der Waals surface area contributed by atoms with Crippen LogP contribution >= 0.6 is 39.7 Å². The van der Waals surface area contributed by atoms with Crippen LogP contribution in [-0.2, 0) is 0 Å². The smallest absolute Gasteiger partial charge is 0.179 e. The van der Waals surface area contributed by atoms with Gasteiger partial charge >= 0.3 is 0 Å². The molecule has 6 heteroatoms. The zero-order valence-corrected chi connectivity index (χ0v) is 5.74. The van der Waals surface area contributed by atoms with Gasteiger partial charge in [0.05, 0.1) is 0 Å². The van der Waals surface area contributed by atoms with Crippen LogP contribution in [0.25, 0.3) is 0 Å². The molecule has 0 rings (SSSR count). The van der Waals surface area contributed by atoms with E-state index in [0.717, 1.165) is 0 Å². The SMILES string of the molecule is ClP(Cl)Cl.O.O. The highest BCUT2D eigenvalue weighted by Crippen LogP contribution is 2.51. The molecule has 0 amide bonds. The second-order valence-electron chi connectivity index (χ2n) is 0.192. The Bertz CT molecular complexity index is 13.5. The van der Waals surface area contributed by atoms with E-state index < -0.39 is 5.98 Å². The van der Waals surface area contributed by atoms with Crippen molar-refractivity contribution in [1.29, 1.82) is 0 Å². The van der Waals surface area contributed by atoms with Crippen LogP contribution in [0.2, 0.25) is 0 Å². The van der Waals surface area contributed by atoms with Crippen LogP contribution in [0.15, 0.2) is 0 Å². The molecule has 0 saturated carbocycles. The molecule has 0 saturated heterocycles. The quantitative estimate of drug-likeness (QED) is 0.495. The Balaban J connectivity index is -0.0000000450. The lowest BCUT2D eigenvalue weighted by Crippen LogP contribution is -0.958. The van der Waals surface area contributed by atoms with Gasteiger partial charge in [-0.05, 0) is 0 Å². The van der Waals surface area contributed by atoms with E-state index in [1.807, 2.05) is 0 Å². The number of hydrogen-bond donors (Lipinski definition) is 0. The van der Waals surface area contributed by atoms with E-state index in [1.165, 1.54) is 0 Å². The normalized spacial score (nSPS) is 6.00. The second kappa shape index (κ2) is 9.52. The lowest BCUT2D eigenvalue weighted by atomic mass is 16.0. The van der Waals surface area contributed by atoms with Crippen molar-refractivity contribution in [2.45, 2.75) is 0 Å². The van der Waals surface area contributed by atoms with Gasteiger partial charge in [-0.25, -0.2) is 0 Å². The fraction of sp³-hybridized carbons (Fsp3) is 0. The second-order valence-corrected chi connectivity index (χ2v) is 5.17. The zero-order chi connectivity index (χ0) is 3.58. The van der Waals surface area contributed by atoms with E-state index >= 15 is 0 Å². The zero-order valence-electron chi connectivity index (χ0n) is 2.58. The third kappa shape index (κ3) is 62.5. The van der Waals surface area contributed by atoms with Gasteiger partial charge in [0.25, 0.3) is 0 Å². The van der Waals surface area contributed by atoms with Crippen molar-refractivity contribution in [3.05, 3.63) is 0 Å². The van der Waals surface area contributed by atoms with Crippen molar-refractivity contribution in [1.82, 2.24) is 0 Å². The van der Waals surface area contributed by atoms with Crippen LogP contribution < -0.4 is 0 Å². The number of hydrogen-bond acceptors (Lipinski definition) is 0. The van der Waals surface area contributed by atoms with E-state index in [9.17, 15) is 0 Å². The minimum Gasteiger partial charge on any atom is -0.412 e. The summed E-state index contributed by atoms with van der Waals surface area (Å²) >= 11 is 14.6. The summed E-state index contributed by atoms with van der Waals surface area (Å²) in [7, 11) is 0. The Labute approximate surface area is 51.1 Å². The molecule has 0 unspecified atom stereocenters. The first-order chi connectivity index (χ1) is 1.73. The van der Waals surface area contributed by atoms with Crippen molar-refractivity contribution in [3.63, 3.8) is 0 Å². The Morgan fingerprint density at radius 2 is 0.833 bits per heavy atom. The lowest BCUT2D eigenvalue weighted by molar-refractivity contribution is 0.823. The maximum Gasteiger partial charge on any atom is 0.179 e. The van der Waals surface area contributed by atoms with Gasteiger partial charge in [-0.15, -0.1) is 0 Å². The molecule has 6 heavy (non-hydrogen) atoms. The van der Waals surface area contributed by atoms with Crippen LogP contribution in [0.1, 0.15) is 0 Å². The third-order valence-electron chi connectivity index (χ3n) is 0. The van der Waals surface area contributed by atoms with Gasteiger partial charge in [0.15, 0.2) is 5.98 Å². The van der Waals surface area contributed by atoms with Gasteiger partial charge < -0.3 is 11.0 Å². The maximum atomic E-state index is 4.87. The molecule has 0 atom stereocenters. The van der Waals surface area contributed by atoms with Gasteiger partial charge in [-0.3, -0.25) is 0 Å². The van der Waals surface area contributed by atoms with Gasteiger partial charge in [0, 0.05) is 0 Å². The number of halogens is 3. The molecule has 0 aliphatic heterocycles. The van der Waals surface area contributed by atoms with Crippen LogP contribution in [0.3, 0.4) is 0 Å². The van der Waals surface area contributed by atoms with E-state index in [0.29, 0.717) is 0 Å². The minimum absolute atomic E-state index is 0. The molecule has 0 spiro atoms. The van der Waals surface area contributed by atoms with Gasteiger partial charge in [-0.1, -0.05) is 33.7 Å². The fourth-order valence-electron chi connectivity index (χ4n) is 0. The molecular formula is H4Cl3O2P. The molecule has 2 nitrogen and oxygen atoms in total. The molecule has 0 heterocycles. The molecule has 0 radical (unpaired) electrons. The summed E-state index contributed by atoms with van der Waals surface area (Å²) in [6.07, 6.45) is 0. The van der Waals surface area contributed by atoms with Crippen LogP contribution in [0.5, 0.6) is 0 Å². The van der Waals surface area contributed by atoms with Crippen molar-refractivity contribution in [2.24, 2.45) is 0 Å². The van der Waals surface area contributed by atoms with E-state index in [2.05, 4.69) is 0 Å². The molecule has 0 aromatic rings. The summed E-state index contributed by atoms with van der Waals surface area (Å²) in [5, 5.41) is 0. The molecule has 0 aromatic heterocycles. The average Bonchev–Trinajstić information content (AvgIpc) is 0.811. The topological polar surface area (TPSA) is 63.0 Å². The first kappa shape index (κ1) is 15.7. The first-order valence-electron chi connectivity index (χ1n) is 0.507. The van der Waals surface area contributed by atoms with Crippen LogP contribution in [-0.4, -0.2) is 11.0 Å².